The number of hydrogen-bond donors (Lipinski definition) is 1. The summed E-state index contributed by atoms with van der Waals surface area (Å²) in [6, 6.07) is 13.5. The Morgan fingerprint density at radius 2 is 1.70 bits per heavy atom. The standard InChI is InChI=1S/C19H24N2O5S/c1-4-20-19(22)14-21(13-15-8-6-5-7-9-15)27(23,24)16-10-11-17(25-2)18(12-16)26-3/h5-12H,4,13-14H2,1-3H3,(H,20,22). The Hall–Kier alpha value is -2.58. The lowest BCUT2D eigenvalue weighted by atomic mass is 10.2. The van der Waals surface area contributed by atoms with E-state index in [1.54, 1.807) is 6.92 Å². The van der Waals surface area contributed by atoms with Crippen LogP contribution >= 0.6 is 0 Å². The van der Waals surface area contributed by atoms with Crippen molar-refractivity contribution in [2.24, 2.45) is 0 Å². The smallest absolute Gasteiger partial charge is 0.243 e. The summed E-state index contributed by atoms with van der Waals surface area (Å²) in [5, 5.41) is 2.64. The van der Waals surface area contributed by atoms with E-state index in [0.717, 1.165) is 9.87 Å². The number of carbonyl (C=O) groups excluding carboxylic acids is 1. The first kappa shape index (κ1) is 20.7. The Labute approximate surface area is 160 Å². The van der Waals surface area contributed by atoms with E-state index >= 15 is 0 Å². The van der Waals surface area contributed by atoms with Crippen molar-refractivity contribution < 1.29 is 22.7 Å². The molecule has 146 valence electrons. The maximum absolute atomic E-state index is 13.2. The summed E-state index contributed by atoms with van der Waals surface area (Å²) in [6.07, 6.45) is 0. The number of rotatable bonds is 9. The molecular formula is C19H24N2O5S. The molecule has 0 aromatic heterocycles. The number of methoxy groups -OCH3 is 2. The van der Waals surface area contributed by atoms with Crippen LogP contribution in [0.3, 0.4) is 0 Å². The van der Waals surface area contributed by atoms with Gasteiger partial charge >= 0.3 is 0 Å². The van der Waals surface area contributed by atoms with Crippen LogP contribution in [0.1, 0.15) is 12.5 Å². The number of sulfonamides is 1. The van der Waals surface area contributed by atoms with E-state index in [1.165, 1.54) is 32.4 Å². The number of ether oxygens (including phenoxy) is 2. The Balaban J connectivity index is 2.41. The van der Waals surface area contributed by atoms with E-state index < -0.39 is 10.0 Å². The minimum absolute atomic E-state index is 0.0281. The number of hydrogen-bond acceptors (Lipinski definition) is 5. The topological polar surface area (TPSA) is 84.9 Å². The monoisotopic (exact) mass is 392 g/mol. The average Bonchev–Trinajstić information content (AvgIpc) is 2.67. The van der Waals surface area contributed by atoms with E-state index in [0.29, 0.717) is 18.0 Å². The van der Waals surface area contributed by atoms with Gasteiger partial charge in [-0.25, -0.2) is 8.42 Å². The van der Waals surface area contributed by atoms with Crippen LogP contribution < -0.4 is 14.8 Å². The van der Waals surface area contributed by atoms with Crippen LogP contribution in [0.25, 0.3) is 0 Å². The molecule has 0 heterocycles. The van der Waals surface area contributed by atoms with E-state index in [9.17, 15) is 13.2 Å². The van der Waals surface area contributed by atoms with Crippen molar-refractivity contribution in [3.63, 3.8) is 0 Å². The van der Waals surface area contributed by atoms with E-state index in [4.69, 9.17) is 9.47 Å². The normalized spacial score (nSPS) is 11.3. The molecule has 0 bridgehead atoms. The largest absolute Gasteiger partial charge is 0.493 e. The van der Waals surface area contributed by atoms with Crippen molar-refractivity contribution in [1.29, 1.82) is 0 Å². The van der Waals surface area contributed by atoms with Crippen molar-refractivity contribution in [3.8, 4) is 11.5 Å². The zero-order valence-corrected chi connectivity index (χ0v) is 16.5. The lowest BCUT2D eigenvalue weighted by molar-refractivity contribution is -0.121. The van der Waals surface area contributed by atoms with Crippen molar-refractivity contribution in [2.45, 2.75) is 18.4 Å². The minimum Gasteiger partial charge on any atom is -0.493 e. The van der Waals surface area contributed by atoms with Gasteiger partial charge in [0.05, 0.1) is 25.7 Å². The molecule has 0 unspecified atom stereocenters. The Kier molecular flexibility index (Phi) is 7.20. The van der Waals surface area contributed by atoms with Gasteiger partial charge in [-0.05, 0) is 24.6 Å². The fourth-order valence-corrected chi connectivity index (χ4v) is 3.95. The highest BCUT2D eigenvalue weighted by Gasteiger charge is 2.28. The third-order valence-corrected chi connectivity index (χ3v) is 5.68. The summed E-state index contributed by atoms with van der Waals surface area (Å²) >= 11 is 0. The molecule has 27 heavy (non-hydrogen) atoms. The maximum Gasteiger partial charge on any atom is 0.243 e. The van der Waals surface area contributed by atoms with E-state index in [1.807, 2.05) is 30.3 Å². The van der Waals surface area contributed by atoms with Gasteiger partial charge in [0.1, 0.15) is 0 Å². The van der Waals surface area contributed by atoms with Gasteiger partial charge in [0, 0.05) is 19.2 Å². The van der Waals surface area contributed by atoms with Crippen molar-refractivity contribution in [1.82, 2.24) is 9.62 Å². The second-order valence-electron chi connectivity index (χ2n) is 5.73. The van der Waals surface area contributed by atoms with Gasteiger partial charge in [-0.3, -0.25) is 4.79 Å². The summed E-state index contributed by atoms with van der Waals surface area (Å²) < 4.78 is 37.9. The molecule has 0 saturated heterocycles. The van der Waals surface area contributed by atoms with Gasteiger partial charge in [-0.2, -0.15) is 4.31 Å². The molecule has 0 atom stereocenters. The lowest BCUT2D eigenvalue weighted by Crippen LogP contribution is -2.40. The molecular weight excluding hydrogens is 368 g/mol. The van der Waals surface area contributed by atoms with Crippen LogP contribution in [0.2, 0.25) is 0 Å². The number of amides is 1. The van der Waals surface area contributed by atoms with Gasteiger partial charge in [0.25, 0.3) is 0 Å². The SMILES string of the molecule is CCNC(=O)CN(Cc1ccccc1)S(=O)(=O)c1ccc(OC)c(OC)c1. The molecule has 2 aromatic rings. The highest BCUT2D eigenvalue weighted by atomic mass is 32.2. The summed E-state index contributed by atoms with van der Waals surface area (Å²) in [7, 11) is -1.02. The molecule has 2 aromatic carbocycles. The first-order valence-corrected chi connectivity index (χ1v) is 9.89. The molecule has 0 fully saturated rings. The second-order valence-corrected chi connectivity index (χ2v) is 7.67. The quantitative estimate of drug-likeness (QED) is 0.706. The summed E-state index contributed by atoms with van der Waals surface area (Å²) in [4.78, 5) is 12.1. The fourth-order valence-electron chi connectivity index (χ4n) is 2.55. The average molecular weight is 392 g/mol. The Bertz CT molecular complexity index is 869. The molecule has 0 saturated carbocycles. The molecule has 2 rings (SSSR count). The van der Waals surface area contributed by atoms with Gasteiger partial charge in [-0.15, -0.1) is 0 Å². The molecule has 0 spiro atoms. The van der Waals surface area contributed by atoms with Crippen LogP contribution in [0.4, 0.5) is 0 Å². The molecule has 0 aliphatic rings. The summed E-state index contributed by atoms with van der Waals surface area (Å²) in [5.41, 5.74) is 0.783. The zero-order valence-electron chi connectivity index (χ0n) is 15.6. The third-order valence-electron chi connectivity index (χ3n) is 3.89. The molecule has 7 nitrogen and oxygen atoms in total. The summed E-state index contributed by atoms with van der Waals surface area (Å²) in [6.45, 7) is 2.00. The number of benzene rings is 2. The first-order valence-electron chi connectivity index (χ1n) is 8.45. The Morgan fingerprint density at radius 1 is 1.04 bits per heavy atom. The Morgan fingerprint density at radius 3 is 2.30 bits per heavy atom. The van der Waals surface area contributed by atoms with Crippen LogP contribution in [-0.2, 0) is 21.4 Å². The van der Waals surface area contributed by atoms with E-state index in [-0.39, 0.29) is 23.9 Å². The third kappa shape index (κ3) is 5.21. The molecule has 8 heteroatoms. The predicted octanol–water partition coefficient (Wildman–Crippen LogP) is 2.03. The van der Waals surface area contributed by atoms with Crippen molar-refractivity contribution in [3.05, 3.63) is 54.1 Å². The number of nitrogens with zero attached hydrogens (tertiary/aromatic N) is 1. The molecule has 0 radical (unpaired) electrons. The van der Waals surface area contributed by atoms with Crippen LogP contribution in [0.5, 0.6) is 11.5 Å². The van der Waals surface area contributed by atoms with Gasteiger partial charge < -0.3 is 14.8 Å². The molecule has 1 amide bonds. The highest BCUT2D eigenvalue weighted by molar-refractivity contribution is 7.89. The molecule has 0 aliphatic carbocycles. The lowest BCUT2D eigenvalue weighted by Gasteiger charge is -2.22. The zero-order chi connectivity index (χ0) is 19.9. The fraction of sp³-hybridized carbons (Fsp3) is 0.316. The molecule has 0 aliphatic heterocycles. The van der Waals surface area contributed by atoms with Gasteiger partial charge in [0.15, 0.2) is 11.5 Å². The number of nitrogens with one attached hydrogen (secondary N) is 1. The number of carbonyl (C=O) groups is 1. The maximum atomic E-state index is 13.2. The summed E-state index contributed by atoms with van der Waals surface area (Å²) in [5.74, 6) is 0.364. The first-order chi connectivity index (χ1) is 12.9. The van der Waals surface area contributed by atoms with Crippen LogP contribution in [0, 0.1) is 0 Å². The van der Waals surface area contributed by atoms with Crippen LogP contribution in [-0.4, -0.2) is 45.9 Å². The van der Waals surface area contributed by atoms with Gasteiger partial charge in [0.2, 0.25) is 15.9 Å². The van der Waals surface area contributed by atoms with Gasteiger partial charge in [-0.1, -0.05) is 30.3 Å². The highest BCUT2D eigenvalue weighted by Crippen LogP contribution is 2.31. The van der Waals surface area contributed by atoms with Crippen molar-refractivity contribution >= 4 is 15.9 Å². The molecule has 1 N–H and O–H groups in total. The predicted molar refractivity (Wildman–Crippen MR) is 102 cm³/mol. The van der Waals surface area contributed by atoms with E-state index in [2.05, 4.69) is 5.32 Å². The number of likely N-dealkylation sites (N-methyl/N-ethyl adjacent to an activating group) is 1. The minimum atomic E-state index is -3.93. The van der Waals surface area contributed by atoms with Crippen molar-refractivity contribution in [2.75, 3.05) is 27.3 Å². The second kappa shape index (κ2) is 9.38. The van der Waals surface area contributed by atoms with Crippen LogP contribution in [0.15, 0.2) is 53.4 Å².